The highest BCUT2D eigenvalue weighted by molar-refractivity contribution is 8.93. The molecule has 0 atom stereocenters. The second kappa shape index (κ2) is 25.3. The first-order chi connectivity index (χ1) is 19.4. The maximum Gasteiger partial charge on any atom is 0.478 e. The van der Waals surface area contributed by atoms with Gasteiger partial charge in [0, 0.05) is 0 Å². The number of thiol groups is 1. The van der Waals surface area contributed by atoms with Crippen LogP contribution in [0.2, 0.25) is 0 Å². The zero-order chi connectivity index (χ0) is 37.7. The van der Waals surface area contributed by atoms with Gasteiger partial charge in [-0.3, -0.25) is 18.2 Å². The summed E-state index contributed by atoms with van der Waals surface area (Å²) in [7, 11) is -27.2. The first-order valence-electron chi connectivity index (χ1n) is 8.98. The van der Waals surface area contributed by atoms with E-state index in [1.807, 2.05) is 18.2 Å². The molecule has 0 fully saturated rings. The summed E-state index contributed by atoms with van der Waals surface area (Å²) in [6.45, 7) is 0. The molecular weight excluding hydrogens is 857 g/mol. The van der Waals surface area contributed by atoms with Gasteiger partial charge < -0.3 is 39.5 Å². The first-order valence-corrected chi connectivity index (χ1v) is 18.7. The summed E-state index contributed by atoms with van der Waals surface area (Å²) < 4.78 is 119. The van der Waals surface area contributed by atoms with Crippen LogP contribution >= 0.6 is 53.1 Å². The molecule has 0 saturated heterocycles. The van der Waals surface area contributed by atoms with Crippen LogP contribution in [0.15, 0.2) is 47.4 Å². The molecule has 46 heavy (non-hydrogen) atoms. The van der Waals surface area contributed by atoms with E-state index in [0.717, 1.165) is 10.8 Å². The number of thiocyanates is 1. The molecule has 0 radical (unpaired) electrons. The van der Waals surface area contributed by atoms with E-state index in [2.05, 4.69) is 16.9 Å². The van der Waals surface area contributed by atoms with E-state index in [0.29, 0.717) is 6.26 Å². The molecule has 2 rings (SSSR count). The monoisotopic (exact) mass is 880 g/mol. The van der Waals surface area contributed by atoms with Crippen LogP contribution < -0.4 is 0 Å². The van der Waals surface area contributed by atoms with Crippen LogP contribution in [-0.2, 0) is 48.6 Å². The highest BCUT2D eigenvalue weighted by Crippen LogP contribution is 2.53. The van der Waals surface area contributed by atoms with E-state index in [1.54, 1.807) is 12.1 Å². The van der Waals surface area contributed by atoms with Gasteiger partial charge in [0.1, 0.15) is 5.40 Å². The van der Waals surface area contributed by atoms with Gasteiger partial charge in [-0.2, -0.15) is 34.8 Å². The molecule has 0 amide bonds. The molecule has 0 bridgehead atoms. The van der Waals surface area contributed by atoms with Gasteiger partial charge in [-0.15, -0.1) is 27.1 Å². The van der Waals surface area contributed by atoms with Crippen molar-refractivity contribution in [1.29, 1.82) is 5.26 Å². The third-order valence-corrected chi connectivity index (χ3v) is 4.78. The average molecular weight is 881 g/mol. The summed E-state index contributed by atoms with van der Waals surface area (Å²) in [5.41, 5.74) is 0. The smallest absolute Gasteiger partial charge is 0.328 e. The third kappa shape index (κ3) is 78.6. The topological polar surface area (TPSA) is 473 Å². The number of fused-ring (bicyclic) bond motifs is 1. The van der Waals surface area contributed by atoms with Crippen LogP contribution in [-0.4, -0.2) is 94.3 Å². The standard InChI is InChI=1S/C10H8O3S.CHNS.CH4O3S.BrH.HNO3.H4O7P2.H3O4P.H2O4S/c11-14(12,13)10-6-5-8-3-1-2-4-9(8)7-10;2-1-3;1-5(2,3)4;;2-1(3)4;1-8(2,3)7-9(4,5)6;2*1-5(2,3)4/h1-7H,(H,11,12,13);3H;1H3,(H,2,3,4);1H;(H,2,3,4);(H2,1,2,3)(H2,4,5,6);(H3,1,2,3,4);(H2,1,2,3,4). The Kier molecular flexibility index (Phi) is 31.2. The normalized spacial score (nSPS) is 10.8. The van der Waals surface area contributed by atoms with E-state index in [1.165, 1.54) is 17.5 Å². The summed E-state index contributed by atoms with van der Waals surface area (Å²) in [6, 6.07) is 11.9. The van der Waals surface area contributed by atoms with Crippen molar-refractivity contribution in [2.75, 3.05) is 6.26 Å². The van der Waals surface area contributed by atoms with Gasteiger partial charge in [-0.1, -0.05) is 43.0 Å². The second-order valence-electron chi connectivity index (χ2n) is 6.08. The average Bonchev–Trinajstić information content (AvgIpc) is 2.67. The van der Waals surface area contributed by atoms with Gasteiger partial charge >= 0.3 is 33.9 Å². The van der Waals surface area contributed by atoms with E-state index in [4.69, 9.17) is 86.0 Å². The number of hydrogen-bond acceptors (Lipinski definition) is 14. The van der Waals surface area contributed by atoms with E-state index < -0.39 is 59.2 Å². The van der Waals surface area contributed by atoms with Gasteiger partial charge in [0.05, 0.1) is 11.2 Å². The Labute approximate surface area is 274 Å². The highest BCUT2D eigenvalue weighted by Gasteiger charge is 2.27. The van der Waals surface area contributed by atoms with Crippen molar-refractivity contribution in [3.05, 3.63) is 52.6 Å². The number of phosphoric acid groups is 3. The van der Waals surface area contributed by atoms with Crippen LogP contribution in [0.25, 0.3) is 10.8 Å². The summed E-state index contributed by atoms with van der Waals surface area (Å²) >= 11 is 3.09. The summed E-state index contributed by atoms with van der Waals surface area (Å²) in [6.07, 6.45) is 0.715. The van der Waals surface area contributed by atoms with Crippen molar-refractivity contribution in [1.82, 2.24) is 0 Å². The maximum atomic E-state index is 10.8. The molecule has 272 valence electrons. The lowest BCUT2D eigenvalue weighted by atomic mass is 10.1. The Morgan fingerprint density at radius 3 is 1.24 bits per heavy atom. The predicted molar refractivity (Wildman–Crippen MR) is 159 cm³/mol. The molecule has 2 aromatic rings. The van der Waals surface area contributed by atoms with Crippen molar-refractivity contribution in [3.63, 3.8) is 0 Å². The summed E-state index contributed by atoms with van der Waals surface area (Å²) in [5.74, 6) is 0. The first kappa shape index (κ1) is 56.6. The zero-order valence-corrected chi connectivity index (χ0v) is 29.4. The van der Waals surface area contributed by atoms with Crippen molar-refractivity contribution in [2.24, 2.45) is 0 Å². The molecule has 34 heteroatoms. The minimum atomic E-state index is -5.05. The fourth-order valence-corrected chi connectivity index (χ4v) is 3.09. The lowest BCUT2D eigenvalue weighted by Crippen LogP contribution is -1.97. The van der Waals surface area contributed by atoms with Gasteiger partial charge in [-0.05, 0) is 22.9 Å². The van der Waals surface area contributed by atoms with Crippen molar-refractivity contribution >= 4 is 94.5 Å². The number of nitrogens with zero attached hydrogens (tertiary/aromatic N) is 2. The van der Waals surface area contributed by atoms with E-state index >= 15 is 0 Å². The Morgan fingerprint density at radius 2 is 1.04 bits per heavy atom. The molecule has 0 spiro atoms. The molecule has 0 unspecified atom stereocenters. The van der Waals surface area contributed by atoms with Gasteiger partial charge in [0.2, 0.25) is 0 Å². The number of hydrogen-bond donors (Lipinski definition) is 13. The van der Waals surface area contributed by atoms with Crippen LogP contribution in [0.4, 0.5) is 0 Å². The van der Waals surface area contributed by atoms with E-state index in [-0.39, 0.29) is 21.9 Å². The fraction of sp³-hybridized carbons (Fsp3) is 0.0833. The Morgan fingerprint density at radius 1 is 0.804 bits per heavy atom. The third-order valence-electron chi connectivity index (χ3n) is 2.23. The molecule has 0 aliphatic heterocycles. The molecule has 26 nitrogen and oxygen atoms in total. The number of halogens is 1. The largest absolute Gasteiger partial charge is 0.478 e. The molecule has 12 N–H and O–H groups in total. The van der Waals surface area contributed by atoms with Crippen molar-refractivity contribution in [2.45, 2.75) is 4.90 Å². The summed E-state index contributed by atoms with van der Waals surface area (Å²) in [5, 5.41) is 24.0. The molecule has 0 aromatic heterocycles. The lowest BCUT2D eigenvalue weighted by molar-refractivity contribution is -0.742. The molecule has 2 aromatic carbocycles. The van der Waals surface area contributed by atoms with Gasteiger partial charge in [0.25, 0.3) is 25.3 Å². The van der Waals surface area contributed by atoms with Gasteiger partial charge in [-0.25, -0.2) is 13.7 Å². The van der Waals surface area contributed by atoms with Crippen LogP contribution in [0.5, 0.6) is 0 Å². The maximum absolute atomic E-state index is 10.8. The molecule has 0 aliphatic carbocycles. The predicted octanol–water partition coefficient (Wildman–Crippen LogP) is -0.175. The van der Waals surface area contributed by atoms with Crippen molar-refractivity contribution in [3.8, 4) is 5.40 Å². The van der Waals surface area contributed by atoms with Crippen LogP contribution in [0, 0.1) is 20.8 Å². The fourth-order valence-electron chi connectivity index (χ4n) is 1.47. The van der Waals surface area contributed by atoms with Crippen LogP contribution in [0.1, 0.15) is 0 Å². The molecule has 0 aliphatic rings. The minimum absolute atomic E-state index is 0. The minimum Gasteiger partial charge on any atom is -0.328 e. The Balaban J connectivity index is -0.000000110. The van der Waals surface area contributed by atoms with Crippen molar-refractivity contribution < 1.29 is 106 Å². The molecular formula is C12H24BrN2O24P3S4. The number of nitriles is 1. The number of benzene rings is 2. The lowest BCUT2D eigenvalue weighted by Gasteiger charge is -2.03. The zero-order valence-electron chi connectivity index (χ0n) is 21.6. The Bertz CT molecular complexity index is 1620. The van der Waals surface area contributed by atoms with E-state index in [9.17, 15) is 26.0 Å². The van der Waals surface area contributed by atoms with Crippen LogP contribution in [0.3, 0.4) is 0 Å². The summed E-state index contributed by atoms with van der Waals surface area (Å²) in [4.78, 5) is 60.9. The SMILES string of the molecule is Br.CS(=O)(=O)O.N#CS.O=P(O)(O)O.O=P(O)(O)OP(=O)(O)O.O=S(=O)(O)O.O=S(=O)(O)c1ccc2ccccc2c1.O=[N+]([O-])O. The molecule has 0 saturated carbocycles. The highest BCUT2D eigenvalue weighted by atomic mass is 79.9. The number of rotatable bonds is 3. The quantitative estimate of drug-likeness (QED) is 0.0475. The van der Waals surface area contributed by atoms with Gasteiger partial charge in [0.15, 0.2) is 0 Å². The second-order valence-corrected chi connectivity index (χ2v) is 13.7. The Hall–Kier alpha value is -1.72. The molecule has 0 heterocycles.